The third-order valence-electron chi connectivity index (χ3n) is 4.32. The zero-order valence-electron chi connectivity index (χ0n) is 16.2. The number of aliphatic hydroxyl groups is 1. The molecule has 0 rings (SSSR count). The van der Waals surface area contributed by atoms with Crippen molar-refractivity contribution in [3.8, 4) is 0 Å². The van der Waals surface area contributed by atoms with Crippen LogP contribution in [0.15, 0.2) is 0 Å². The van der Waals surface area contributed by atoms with Crippen LogP contribution in [0.5, 0.6) is 0 Å². The van der Waals surface area contributed by atoms with Gasteiger partial charge in [0.05, 0.1) is 0 Å². The molecule has 0 bridgehead atoms. The van der Waals surface area contributed by atoms with Crippen molar-refractivity contribution in [2.45, 2.75) is 73.6 Å². The summed E-state index contributed by atoms with van der Waals surface area (Å²) in [6.45, 7) is -1.32. The summed E-state index contributed by atoms with van der Waals surface area (Å²) in [7, 11) is 0. The topological polar surface area (TPSA) is 49.3 Å². The molecule has 204 valence electrons. The minimum Gasteiger partial charge on any atom is -0.396 e. The van der Waals surface area contributed by atoms with Gasteiger partial charge in [0.15, 0.2) is 0 Å². The number of amides is 1. The number of alkyl halides is 16. The normalized spacial score (nSPS) is 15.1. The average molecular weight is 545 g/mol. The Morgan fingerprint density at radius 2 is 1.00 bits per heavy atom. The maximum Gasteiger partial charge on any atom is 0.392 e. The van der Waals surface area contributed by atoms with Crippen molar-refractivity contribution in [3.05, 3.63) is 0 Å². The Balaban J connectivity index is 6.09. The maximum absolute atomic E-state index is 13.6. The largest absolute Gasteiger partial charge is 0.396 e. The Hall–Kier alpha value is -1.69. The predicted molar refractivity (Wildman–Crippen MR) is 79.2 cm³/mol. The standard InChI is InChI=1S/C15H15F16NO2/c16-7(17)9(18,19)11(22,23)13(26,27)15(30,31)14(28,29)12(24,25)10(20,21)8(34)32-5-3-1-2-4-6-33/h7,33H,1-6H2,(H,32,34). The Morgan fingerprint density at radius 3 is 1.41 bits per heavy atom. The lowest BCUT2D eigenvalue weighted by Gasteiger charge is -2.42. The molecule has 0 aromatic heterocycles. The first-order valence-corrected chi connectivity index (χ1v) is 8.74. The molecule has 0 aliphatic heterocycles. The van der Waals surface area contributed by atoms with Crippen LogP contribution >= 0.6 is 0 Å². The fraction of sp³-hybridized carbons (Fsp3) is 0.933. The SMILES string of the molecule is O=C(NCCCCCCO)C(F)(F)C(F)(F)C(F)(F)C(F)(F)C(F)(F)C(F)(F)C(F)(F)C(F)F. The van der Waals surface area contributed by atoms with Gasteiger partial charge in [-0.1, -0.05) is 12.8 Å². The van der Waals surface area contributed by atoms with Crippen LogP contribution in [-0.4, -0.2) is 72.0 Å². The Labute approximate surface area is 179 Å². The summed E-state index contributed by atoms with van der Waals surface area (Å²) in [6, 6.07) is 0. The van der Waals surface area contributed by atoms with Crippen molar-refractivity contribution in [2.75, 3.05) is 13.2 Å². The van der Waals surface area contributed by atoms with E-state index in [1.165, 1.54) is 0 Å². The number of nitrogens with one attached hydrogen (secondary N) is 1. The van der Waals surface area contributed by atoms with Gasteiger partial charge in [-0.15, -0.1) is 0 Å². The summed E-state index contributed by atoms with van der Waals surface area (Å²) < 4.78 is 210. The highest BCUT2D eigenvalue weighted by molar-refractivity contribution is 5.84. The molecule has 19 heteroatoms. The molecule has 0 aliphatic carbocycles. The van der Waals surface area contributed by atoms with Crippen LogP contribution in [0.1, 0.15) is 25.7 Å². The van der Waals surface area contributed by atoms with Gasteiger partial charge in [0.2, 0.25) is 0 Å². The van der Waals surface area contributed by atoms with E-state index in [4.69, 9.17) is 5.11 Å². The first-order chi connectivity index (χ1) is 14.9. The summed E-state index contributed by atoms with van der Waals surface area (Å²) >= 11 is 0. The van der Waals surface area contributed by atoms with E-state index < -0.39 is 60.3 Å². The highest BCUT2D eigenvalue weighted by Gasteiger charge is 2.94. The number of unbranched alkanes of at least 4 members (excludes halogenated alkanes) is 3. The average Bonchev–Trinajstić information content (AvgIpc) is 2.69. The van der Waals surface area contributed by atoms with Crippen molar-refractivity contribution >= 4 is 5.91 Å². The number of rotatable bonds is 14. The first-order valence-electron chi connectivity index (χ1n) is 8.74. The van der Waals surface area contributed by atoms with E-state index >= 15 is 0 Å². The summed E-state index contributed by atoms with van der Waals surface area (Å²) in [6.07, 6.45) is -5.87. The highest BCUT2D eigenvalue weighted by atomic mass is 19.4. The van der Waals surface area contributed by atoms with E-state index in [9.17, 15) is 75.0 Å². The van der Waals surface area contributed by atoms with Crippen LogP contribution in [0.3, 0.4) is 0 Å². The molecule has 2 N–H and O–H groups in total. The quantitative estimate of drug-likeness (QED) is 0.228. The molecule has 3 nitrogen and oxygen atoms in total. The third-order valence-corrected chi connectivity index (χ3v) is 4.32. The van der Waals surface area contributed by atoms with Crippen LogP contribution in [-0.2, 0) is 4.79 Å². The van der Waals surface area contributed by atoms with Crippen molar-refractivity contribution < 1.29 is 80.1 Å². The second kappa shape index (κ2) is 10.1. The van der Waals surface area contributed by atoms with Crippen LogP contribution in [0.25, 0.3) is 0 Å². The molecule has 0 radical (unpaired) electrons. The van der Waals surface area contributed by atoms with E-state index in [0.717, 1.165) is 5.32 Å². The van der Waals surface area contributed by atoms with E-state index in [1.807, 2.05) is 0 Å². The first kappa shape index (κ1) is 32.3. The number of hydrogen-bond donors (Lipinski definition) is 2. The smallest absolute Gasteiger partial charge is 0.392 e. The van der Waals surface area contributed by atoms with Crippen molar-refractivity contribution in [1.82, 2.24) is 5.32 Å². The molecule has 0 unspecified atom stereocenters. The van der Waals surface area contributed by atoms with Gasteiger partial charge in [-0.3, -0.25) is 4.79 Å². The fourth-order valence-electron chi connectivity index (χ4n) is 2.18. The fourth-order valence-corrected chi connectivity index (χ4v) is 2.18. The molecule has 0 aromatic rings. The van der Waals surface area contributed by atoms with Gasteiger partial charge in [0.1, 0.15) is 0 Å². The lowest BCUT2D eigenvalue weighted by atomic mass is 9.89. The van der Waals surface area contributed by atoms with Crippen LogP contribution in [0.2, 0.25) is 0 Å². The van der Waals surface area contributed by atoms with E-state index in [2.05, 4.69) is 0 Å². The van der Waals surface area contributed by atoms with E-state index in [-0.39, 0.29) is 32.3 Å². The highest BCUT2D eigenvalue weighted by Crippen LogP contribution is 2.62. The van der Waals surface area contributed by atoms with Crippen LogP contribution in [0.4, 0.5) is 70.2 Å². The molecule has 0 aliphatic rings. The van der Waals surface area contributed by atoms with E-state index in [0.29, 0.717) is 0 Å². The van der Waals surface area contributed by atoms with Gasteiger partial charge in [-0.25, -0.2) is 8.78 Å². The van der Waals surface area contributed by atoms with Crippen LogP contribution in [0, 0.1) is 0 Å². The van der Waals surface area contributed by atoms with E-state index in [1.54, 1.807) is 0 Å². The summed E-state index contributed by atoms with van der Waals surface area (Å²) in [4.78, 5) is 11.2. The number of hydrogen-bond acceptors (Lipinski definition) is 2. The molecule has 0 saturated carbocycles. The number of halogens is 16. The second-order valence-corrected chi connectivity index (χ2v) is 6.76. The monoisotopic (exact) mass is 545 g/mol. The number of carbonyl (C=O) groups excluding carboxylic acids is 1. The number of carbonyl (C=O) groups is 1. The molecule has 0 spiro atoms. The van der Waals surface area contributed by atoms with Gasteiger partial charge in [-0.05, 0) is 12.8 Å². The van der Waals surface area contributed by atoms with Crippen molar-refractivity contribution in [1.29, 1.82) is 0 Å². The maximum atomic E-state index is 13.6. The van der Waals surface area contributed by atoms with Gasteiger partial charge in [0, 0.05) is 13.2 Å². The van der Waals surface area contributed by atoms with Crippen molar-refractivity contribution in [2.24, 2.45) is 0 Å². The van der Waals surface area contributed by atoms with Crippen LogP contribution < -0.4 is 5.32 Å². The lowest BCUT2D eigenvalue weighted by molar-refractivity contribution is -0.443. The zero-order valence-corrected chi connectivity index (χ0v) is 16.2. The lowest BCUT2D eigenvalue weighted by Crippen LogP contribution is -2.74. The summed E-state index contributed by atoms with van der Waals surface area (Å²) in [5.41, 5.74) is 0. The van der Waals surface area contributed by atoms with Gasteiger partial charge >= 0.3 is 47.9 Å². The summed E-state index contributed by atoms with van der Waals surface area (Å²) in [5.74, 6) is -59.4. The second-order valence-electron chi connectivity index (χ2n) is 6.76. The molecule has 0 heterocycles. The molecule has 34 heavy (non-hydrogen) atoms. The Kier molecular flexibility index (Phi) is 9.62. The summed E-state index contributed by atoms with van der Waals surface area (Å²) in [5, 5.41) is 9.34. The molecular formula is C15H15F16NO2. The molecule has 0 aromatic carbocycles. The van der Waals surface area contributed by atoms with Gasteiger partial charge in [0.25, 0.3) is 5.91 Å². The van der Waals surface area contributed by atoms with Gasteiger partial charge in [-0.2, -0.15) is 61.5 Å². The Morgan fingerprint density at radius 1 is 0.618 bits per heavy atom. The predicted octanol–water partition coefficient (Wildman–Crippen LogP) is 5.37. The molecule has 0 fully saturated rings. The third kappa shape index (κ3) is 4.98. The molecule has 0 atom stereocenters. The minimum atomic E-state index is -8.53. The number of aliphatic hydroxyl groups excluding tert-OH is 1. The van der Waals surface area contributed by atoms with Gasteiger partial charge < -0.3 is 10.4 Å². The molecule has 0 saturated heterocycles. The molecular weight excluding hydrogens is 530 g/mol. The zero-order chi connectivity index (χ0) is 27.6. The Bertz CT molecular complexity index is 694. The molecule has 1 amide bonds. The van der Waals surface area contributed by atoms with Crippen molar-refractivity contribution in [3.63, 3.8) is 0 Å². The minimum absolute atomic E-state index is 0.0245.